The Morgan fingerprint density at radius 1 is 1.21 bits per heavy atom. The Labute approximate surface area is 163 Å². The molecule has 0 aliphatic heterocycles. The molecule has 0 aromatic heterocycles. The SMILES string of the molecule is O=CCC[C@H](NC(=O)C1(O)CC(OCc2ccccc2)C1)c1ccc(F)cc1. The van der Waals surface area contributed by atoms with E-state index in [-0.39, 0.29) is 31.2 Å². The second-order valence-corrected chi connectivity index (χ2v) is 7.18. The Kier molecular flexibility index (Phi) is 6.54. The van der Waals surface area contributed by atoms with Gasteiger partial charge in [-0.1, -0.05) is 42.5 Å². The van der Waals surface area contributed by atoms with E-state index in [1.165, 1.54) is 12.1 Å². The van der Waals surface area contributed by atoms with Crippen LogP contribution < -0.4 is 5.32 Å². The van der Waals surface area contributed by atoms with Crippen LogP contribution in [0.2, 0.25) is 0 Å². The molecule has 2 aromatic rings. The molecule has 1 fully saturated rings. The maximum absolute atomic E-state index is 13.2. The molecule has 0 heterocycles. The van der Waals surface area contributed by atoms with Gasteiger partial charge in [0.05, 0.1) is 18.8 Å². The van der Waals surface area contributed by atoms with Crippen LogP contribution in [0.4, 0.5) is 4.39 Å². The van der Waals surface area contributed by atoms with Gasteiger partial charge in [-0.2, -0.15) is 0 Å². The summed E-state index contributed by atoms with van der Waals surface area (Å²) in [6.45, 7) is 0.431. The van der Waals surface area contributed by atoms with E-state index in [9.17, 15) is 19.1 Å². The van der Waals surface area contributed by atoms with Crippen molar-refractivity contribution in [1.29, 1.82) is 0 Å². The van der Waals surface area contributed by atoms with E-state index in [1.54, 1.807) is 12.1 Å². The van der Waals surface area contributed by atoms with Crippen LogP contribution in [0.15, 0.2) is 54.6 Å². The highest BCUT2D eigenvalue weighted by Gasteiger charge is 2.49. The highest BCUT2D eigenvalue weighted by molar-refractivity contribution is 5.86. The van der Waals surface area contributed by atoms with E-state index in [4.69, 9.17) is 4.74 Å². The lowest BCUT2D eigenvalue weighted by molar-refractivity contribution is -0.173. The number of nitrogens with one attached hydrogen (secondary N) is 1. The van der Waals surface area contributed by atoms with E-state index in [1.807, 2.05) is 30.3 Å². The van der Waals surface area contributed by atoms with Gasteiger partial charge in [-0.3, -0.25) is 4.79 Å². The Morgan fingerprint density at radius 3 is 2.54 bits per heavy atom. The van der Waals surface area contributed by atoms with Gasteiger partial charge < -0.3 is 20.0 Å². The Morgan fingerprint density at radius 2 is 1.89 bits per heavy atom. The van der Waals surface area contributed by atoms with Crippen molar-refractivity contribution in [1.82, 2.24) is 5.32 Å². The first kappa shape index (κ1) is 20.2. The first-order valence-electron chi connectivity index (χ1n) is 9.38. The summed E-state index contributed by atoms with van der Waals surface area (Å²) < 4.78 is 18.9. The number of aliphatic hydroxyl groups is 1. The molecule has 28 heavy (non-hydrogen) atoms. The number of hydrogen-bond acceptors (Lipinski definition) is 4. The van der Waals surface area contributed by atoms with Gasteiger partial charge in [-0.15, -0.1) is 0 Å². The van der Waals surface area contributed by atoms with Crippen LogP contribution in [0, 0.1) is 5.82 Å². The minimum Gasteiger partial charge on any atom is -0.380 e. The van der Waals surface area contributed by atoms with Gasteiger partial charge in [0, 0.05) is 19.3 Å². The first-order chi connectivity index (χ1) is 13.5. The van der Waals surface area contributed by atoms with Gasteiger partial charge in [0.15, 0.2) is 0 Å². The third-order valence-corrected chi connectivity index (χ3v) is 5.03. The third-order valence-electron chi connectivity index (χ3n) is 5.03. The van der Waals surface area contributed by atoms with Crippen molar-refractivity contribution in [2.45, 2.75) is 50.0 Å². The van der Waals surface area contributed by atoms with Crippen LogP contribution >= 0.6 is 0 Å². The van der Waals surface area contributed by atoms with E-state index in [2.05, 4.69) is 5.32 Å². The summed E-state index contributed by atoms with van der Waals surface area (Å²) >= 11 is 0. The minimum absolute atomic E-state index is 0.185. The standard InChI is InChI=1S/C22H24FNO4/c23-18-10-8-17(9-11-18)20(7-4-12-25)24-21(26)22(27)13-19(14-22)28-15-16-5-2-1-3-6-16/h1-3,5-6,8-12,19-20,27H,4,7,13-15H2,(H,24,26)/t19?,20-,22?/m0/s1. The summed E-state index contributed by atoms with van der Waals surface area (Å²) in [6, 6.07) is 15.0. The molecule has 3 rings (SSSR count). The molecule has 1 aliphatic rings. The number of carbonyl (C=O) groups excluding carboxylic acids is 2. The van der Waals surface area contributed by atoms with Crippen molar-refractivity contribution in [3.63, 3.8) is 0 Å². The van der Waals surface area contributed by atoms with Crippen LogP contribution in [0.5, 0.6) is 0 Å². The second-order valence-electron chi connectivity index (χ2n) is 7.18. The highest BCUT2D eigenvalue weighted by atomic mass is 19.1. The monoisotopic (exact) mass is 385 g/mol. The van der Waals surface area contributed by atoms with E-state index < -0.39 is 17.6 Å². The normalized spacial score (nSPS) is 22.1. The van der Waals surface area contributed by atoms with Crippen LogP contribution in [0.3, 0.4) is 0 Å². The zero-order valence-electron chi connectivity index (χ0n) is 15.5. The van der Waals surface area contributed by atoms with Gasteiger partial charge in [0.1, 0.15) is 17.7 Å². The van der Waals surface area contributed by atoms with E-state index in [0.717, 1.165) is 11.8 Å². The molecule has 1 saturated carbocycles. The van der Waals surface area contributed by atoms with Crippen molar-refractivity contribution >= 4 is 12.2 Å². The summed E-state index contributed by atoms with van der Waals surface area (Å²) in [5.74, 6) is -0.868. The molecular weight excluding hydrogens is 361 g/mol. The predicted molar refractivity (Wildman–Crippen MR) is 102 cm³/mol. The fraction of sp³-hybridized carbons (Fsp3) is 0.364. The van der Waals surface area contributed by atoms with E-state index in [0.29, 0.717) is 18.6 Å². The largest absolute Gasteiger partial charge is 0.380 e. The molecule has 2 N–H and O–H groups in total. The lowest BCUT2D eigenvalue weighted by Gasteiger charge is -2.42. The fourth-order valence-corrected chi connectivity index (χ4v) is 3.33. The highest BCUT2D eigenvalue weighted by Crippen LogP contribution is 2.36. The summed E-state index contributed by atoms with van der Waals surface area (Å²) in [5, 5.41) is 13.4. The molecule has 0 spiro atoms. The van der Waals surface area contributed by atoms with Crippen molar-refractivity contribution in [2.24, 2.45) is 0 Å². The predicted octanol–water partition coefficient (Wildman–Crippen LogP) is 3.07. The van der Waals surface area contributed by atoms with Gasteiger partial charge in [-0.25, -0.2) is 4.39 Å². The molecule has 1 aliphatic carbocycles. The maximum Gasteiger partial charge on any atom is 0.252 e. The zero-order valence-corrected chi connectivity index (χ0v) is 15.5. The average Bonchev–Trinajstić information content (AvgIpc) is 2.69. The van der Waals surface area contributed by atoms with Gasteiger partial charge in [0.25, 0.3) is 5.91 Å². The molecule has 2 aromatic carbocycles. The number of hydrogen-bond donors (Lipinski definition) is 2. The molecule has 0 bridgehead atoms. The Hall–Kier alpha value is -2.57. The number of ether oxygens (including phenoxy) is 1. The lowest BCUT2D eigenvalue weighted by Crippen LogP contribution is -2.58. The van der Waals surface area contributed by atoms with Crippen LogP contribution in [-0.4, -0.2) is 29.0 Å². The molecule has 6 heteroatoms. The Bertz CT molecular complexity index is 788. The molecule has 1 atom stereocenters. The topological polar surface area (TPSA) is 75.6 Å². The lowest BCUT2D eigenvalue weighted by atomic mass is 9.76. The van der Waals surface area contributed by atoms with Gasteiger partial charge in [-0.05, 0) is 29.7 Å². The van der Waals surface area contributed by atoms with Crippen LogP contribution in [-0.2, 0) is 20.9 Å². The Balaban J connectivity index is 1.54. The minimum atomic E-state index is -1.49. The fourth-order valence-electron chi connectivity index (χ4n) is 3.33. The first-order valence-corrected chi connectivity index (χ1v) is 9.38. The zero-order chi connectivity index (χ0) is 20.0. The summed E-state index contributed by atoms with van der Waals surface area (Å²) in [6.07, 6.45) is 1.66. The smallest absolute Gasteiger partial charge is 0.252 e. The van der Waals surface area contributed by atoms with E-state index >= 15 is 0 Å². The maximum atomic E-state index is 13.2. The number of amides is 1. The molecule has 0 saturated heterocycles. The third kappa shape index (κ3) is 5.03. The molecule has 148 valence electrons. The second kappa shape index (κ2) is 9.08. The average molecular weight is 385 g/mol. The number of carbonyl (C=O) groups is 2. The quantitative estimate of drug-likeness (QED) is 0.651. The number of halogens is 1. The van der Waals surface area contributed by atoms with Crippen molar-refractivity contribution in [3.05, 3.63) is 71.5 Å². The van der Waals surface area contributed by atoms with Crippen LogP contribution in [0.25, 0.3) is 0 Å². The summed E-state index contributed by atoms with van der Waals surface area (Å²) in [4.78, 5) is 23.3. The number of rotatable bonds is 9. The van der Waals surface area contributed by atoms with Gasteiger partial charge >= 0.3 is 0 Å². The molecular formula is C22H24FNO4. The summed E-state index contributed by atoms with van der Waals surface area (Å²) in [5.41, 5.74) is 0.241. The number of benzene rings is 2. The van der Waals surface area contributed by atoms with Crippen molar-refractivity contribution in [3.8, 4) is 0 Å². The molecule has 0 unspecified atom stereocenters. The summed E-state index contributed by atoms with van der Waals surface area (Å²) in [7, 11) is 0. The van der Waals surface area contributed by atoms with Crippen molar-refractivity contribution < 1.29 is 23.8 Å². The van der Waals surface area contributed by atoms with Gasteiger partial charge in [0.2, 0.25) is 0 Å². The van der Waals surface area contributed by atoms with Crippen LogP contribution in [0.1, 0.15) is 42.9 Å². The molecule has 5 nitrogen and oxygen atoms in total. The van der Waals surface area contributed by atoms with Crippen molar-refractivity contribution in [2.75, 3.05) is 0 Å². The molecule has 0 radical (unpaired) electrons. The molecule has 1 amide bonds. The number of aldehydes is 1.